The Morgan fingerprint density at radius 1 is 1.35 bits per heavy atom. The summed E-state index contributed by atoms with van der Waals surface area (Å²) in [5, 5.41) is 0. The van der Waals surface area contributed by atoms with Crippen molar-refractivity contribution < 1.29 is 9.53 Å². The molecule has 1 rings (SSSR count). The maximum Gasteiger partial charge on any atom is 0.260 e. The first kappa shape index (κ1) is 16.5. The molecule has 1 aromatic carbocycles. The van der Waals surface area contributed by atoms with Crippen LogP contribution in [0.2, 0.25) is 0 Å². The monoisotopic (exact) mass is 278 g/mol. The van der Waals surface area contributed by atoms with Gasteiger partial charge in [0, 0.05) is 19.6 Å². The molecule has 2 N–H and O–H groups in total. The lowest BCUT2D eigenvalue weighted by Gasteiger charge is -2.18. The van der Waals surface area contributed by atoms with Crippen molar-refractivity contribution >= 4 is 5.91 Å². The fourth-order valence-corrected chi connectivity index (χ4v) is 2.18. The topological polar surface area (TPSA) is 55.6 Å². The number of carbonyl (C=O) groups excluding carboxylic acids is 1. The van der Waals surface area contributed by atoms with E-state index in [-0.39, 0.29) is 18.6 Å². The van der Waals surface area contributed by atoms with E-state index < -0.39 is 0 Å². The summed E-state index contributed by atoms with van der Waals surface area (Å²) in [6.45, 7) is 8.71. The number of amides is 1. The van der Waals surface area contributed by atoms with Gasteiger partial charge in [0.25, 0.3) is 5.91 Å². The van der Waals surface area contributed by atoms with Crippen LogP contribution in [0.15, 0.2) is 12.1 Å². The van der Waals surface area contributed by atoms with Crippen LogP contribution < -0.4 is 10.5 Å². The quantitative estimate of drug-likeness (QED) is 0.866. The zero-order valence-electron chi connectivity index (χ0n) is 13.2. The van der Waals surface area contributed by atoms with E-state index in [1.165, 1.54) is 5.56 Å². The van der Waals surface area contributed by atoms with Crippen LogP contribution in [0.1, 0.15) is 30.5 Å². The Bertz CT molecular complexity index is 447. The van der Waals surface area contributed by atoms with Gasteiger partial charge >= 0.3 is 0 Å². The Hall–Kier alpha value is -1.55. The Balaban J connectivity index is 2.79. The summed E-state index contributed by atoms with van der Waals surface area (Å²) >= 11 is 0. The number of nitrogens with two attached hydrogens (primary N) is 1. The van der Waals surface area contributed by atoms with Crippen LogP contribution >= 0.6 is 0 Å². The number of benzene rings is 1. The van der Waals surface area contributed by atoms with Crippen LogP contribution in [-0.2, 0) is 11.2 Å². The van der Waals surface area contributed by atoms with E-state index >= 15 is 0 Å². The minimum atomic E-state index is -0.00837. The first-order valence-corrected chi connectivity index (χ1v) is 7.07. The van der Waals surface area contributed by atoms with E-state index in [0.29, 0.717) is 6.54 Å². The third-order valence-electron chi connectivity index (χ3n) is 3.32. The highest BCUT2D eigenvalue weighted by Crippen LogP contribution is 2.25. The lowest BCUT2D eigenvalue weighted by Crippen LogP contribution is -2.31. The largest absolute Gasteiger partial charge is 0.483 e. The molecule has 0 heterocycles. The summed E-state index contributed by atoms with van der Waals surface area (Å²) < 4.78 is 5.69. The van der Waals surface area contributed by atoms with Crippen molar-refractivity contribution in [3.63, 3.8) is 0 Å². The predicted molar refractivity (Wildman–Crippen MR) is 82.1 cm³/mol. The average Bonchev–Trinajstić information content (AvgIpc) is 2.35. The predicted octanol–water partition coefficient (Wildman–Crippen LogP) is 2.05. The van der Waals surface area contributed by atoms with Gasteiger partial charge in [0.2, 0.25) is 0 Å². The number of carbonyl (C=O) groups is 1. The van der Waals surface area contributed by atoms with Crippen molar-refractivity contribution in [2.24, 2.45) is 5.73 Å². The molecule has 0 radical (unpaired) electrons. The molecule has 0 aliphatic carbocycles. The van der Waals surface area contributed by atoms with Crippen molar-refractivity contribution in [2.75, 3.05) is 20.2 Å². The molecule has 0 spiro atoms. The van der Waals surface area contributed by atoms with E-state index in [1.54, 1.807) is 11.9 Å². The lowest BCUT2D eigenvalue weighted by molar-refractivity contribution is -0.131. The normalized spacial score (nSPS) is 12.1. The highest BCUT2D eigenvalue weighted by molar-refractivity contribution is 5.77. The van der Waals surface area contributed by atoms with Gasteiger partial charge < -0.3 is 15.4 Å². The number of nitrogens with zero attached hydrogens (tertiary/aromatic N) is 1. The van der Waals surface area contributed by atoms with Crippen molar-refractivity contribution in [1.29, 1.82) is 0 Å². The van der Waals surface area contributed by atoms with Gasteiger partial charge in [0.15, 0.2) is 6.61 Å². The van der Waals surface area contributed by atoms with Gasteiger partial charge in [-0.25, -0.2) is 0 Å². The number of aryl methyl sites for hydroxylation is 2. The van der Waals surface area contributed by atoms with Crippen LogP contribution in [0.5, 0.6) is 5.75 Å². The molecule has 1 amide bonds. The summed E-state index contributed by atoms with van der Waals surface area (Å²) in [5.74, 6) is 0.794. The number of rotatable bonds is 6. The Kier molecular flexibility index (Phi) is 6.02. The minimum Gasteiger partial charge on any atom is -0.483 e. The Labute approximate surface area is 121 Å². The van der Waals surface area contributed by atoms with Gasteiger partial charge in [0.1, 0.15) is 5.75 Å². The molecule has 0 bridgehead atoms. The fourth-order valence-electron chi connectivity index (χ4n) is 2.18. The SMILES string of the molecule is CCN(C)C(=O)COc1c(C)cc(CC(C)N)cc1C. The highest BCUT2D eigenvalue weighted by atomic mass is 16.5. The molecule has 4 nitrogen and oxygen atoms in total. The summed E-state index contributed by atoms with van der Waals surface area (Å²) in [6, 6.07) is 4.31. The van der Waals surface area contributed by atoms with Crippen molar-refractivity contribution in [1.82, 2.24) is 4.90 Å². The third-order valence-corrected chi connectivity index (χ3v) is 3.32. The number of hydrogen-bond acceptors (Lipinski definition) is 3. The molecular formula is C16H26N2O2. The molecule has 1 unspecified atom stereocenters. The van der Waals surface area contributed by atoms with E-state index in [4.69, 9.17) is 10.5 Å². The van der Waals surface area contributed by atoms with Crippen molar-refractivity contribution in [3.8, 4) is 5.75 Å². The van der Waals surface area contributed by atoms with Crippen LogP contribution in [0.4, 0.5) is 0 Å². The smallest absolute Gasteiger partial charge is 0.260 e. The zero-order chi connectivity index (χ0) is 15.3. The molecule has 112 valence electrons. The number of hydrogen-bond donors (Lipinski definition) is 1. The van der Waals surface area contributed by atoms with Gasteiger partial charge in [-0.05, 0) is 50.8 Å². The third kappa shape index (κ3) is 4.53. The summed E-state index contributed by atoms with van der Waals surface area (Å²) in [5.41, 5.74) is 9.13. The van der Waals surface area contributed by atoms with Crippen molar-refractivity contribution in [2.45, 2.75) is 40.2 Å². The van der Waals surface area contributed by atoms with E-state index in [9.17, 15) is 4.79 Å². The lowest BCUT2D eigenvalue weighted by atomic mass is 10.0. The standard InChI is InChI=1S/C16H26N2O2/c1-6-18(5)15(19)10-20-16-11(2)7-14(8-12(16)3)9-13(4)17/h7-8,13H,6,9-10,17H2,1-5H3. The van der Waals surface area contributed by atoms with Gasteiger partial charge in [0.05, 0.1) is 0 Å². The number of likely N-dealkylation sites (N-methyl/N-ethyl adjacent to an activating group) is 1. The Morgan fingerprint density at radius 2 is 1.90 bits per heavy atom. The summed E-state index contributed by atoms with van der Waals surface area (Å²) in [7, 11) is 1.77. The Morgan fingerprint density at radius 3 is 2.35 bits per heavy atom. The first-order chi connectivity index (χ1) is 9.35. The van der Waals surface area contributed by atoms with E-state index in [1.807, 2.05) is 27.7 Å². The maximum atomic E-state index is 11.8. The zero-order valence-corrected chi connectivity index (χ0v) is 13.2. The first-order valence-electron chi connectivity index (χ1n) is 7.07. The second-order valence-electron chi connectivity index (χ2n) is 5.44. The number of ether oxygens (including phenoxy) is 1. The minimum absolute atomic E-state index is 0.00837. The molecule has 0 saturated heterocycles. The van der Waals surface area contributed by atoms with Crippen LogP contribution in [0, 0.1) is 13.8 Å². The van der Waals surface area contributed by atoms with Gasteiger partial charge in [-0.3, -0.25) is 4.79 Å². The van der Waals surface area contributed by atoms with Crippen LogP contribution in [0.3, 0.4) is 0 Å². The molecule has 20 heavy (non-hydrogen) atoms. The molecule has 0 aliphatic rings. The molecule has 0 aliphatic heterocycles. The molecular weight excluding hydrogens is 252 g/mol. The summed E-state index contributed by atoms with van der Waals surface area (Å²) in [6.07, 6.45) is 0.847. The second-order valence-corrected chi connectivity index (χ2v) is 5.44. The van der Waals surface area contributed by atoms with Crippen LogP contribution in [0.25, 0.3) is 0 Å². The molecule has 0 fully saturated rings. The van der Waals surface area contributed by atoms with Gasteiger partial charge in [-0.1, -0.05) is 12.1 Å². The van der Waals surface area contributed by atoms with E-state index in [0.717, 1.165) is 23.3 Å². The average molecular weight is 278 g/mol. The molecule has 0 aromatic heterocycles. The summed E-state index contributed by atoms with van der Waals surface area (Å²) in [4.78, 5) is 13.4. The van der Waals surface area contributed by atoms with Gasteiger partial charge in [-0.15, -0.1) is 0 Å². The molecule has 0 saturated carbocycles. The van der Waals surface area contributed by atoms with Gasteiger partial charge in [-0.2, -0.15) is 0 Å². The molecule has 1 aromatic rings. The molecule has 4 heteroatoms. The van der Waals surface area contributed by atoms with Crippen molar-refractivity contribution in [3.05, 3.63) is 28.8 Å². The second kappa shape index (κ2) is 7.29. The van der Waals surface area contributed by atoms with Crippen LogP contribution in [-0.4, -0.2) is 37.0 Å². The molecule has 1 atom stereocenters. The highest BCUT2D eigenvalue weighted by Gasteiger charge is 2.11. The maximum absolute atomic E-state index is 11.8. The fraction of sp³-hybridized carbons (Fsp3) is 0.562. The van der Waals surface area contributed by atoms with E-state index in [2.05, 4.69) is 12.1 Å².